The lowest BCUT2D eigenvalue weighted by atomic mass is 10.0. The first-order valence-electron chi connectivity index (χ1n) is 10.6. The largest absolute Gasteiger partial charge is 0.489 e. The number of imide groups is 1. The van der Waals surface area contributed by atoms with Crippen LogP contribution in [0.15, 0.2) is 60.7 Å². The van der Waals surface area contributed by atoms with Crippen molar-refractivity contribution in [2.24, 2.45) is 0 Å². The van der Waals surface area contributed by atoms with E-state index in [1.165, 1.54) is 0 Å². The highest BCUT2D eigenvalue weighted by molar-refractivity contribution is 8.15. The predicted molar refractivity (Wildman–Crippen MR) is 126 cm³/mol. The van der Waals surface area contributed by atoms with Crippen LogP contribution in [0.1, 0.15) is 16.8 Å². The van der Waals surface area contributed by atoms with E-state index < -0.39 is 0 Å². The summed E-state index contributed by atoms with van der Waals surface area (Å²) in [5.74, 6) is 0.988. The summed E-state index contributed by atoms with van der Waals surface area (Å²) >= 11 is 1.03. The maximum Gasteiger partial charge on any atom is 0.286 e. The van der Waals surface area contributed by atoms with Crippen LogP contribution in [0.3, 0.4) is 0 Å². The number of thioether (sulfide) groups is 1. The predicted octanol–water partition coefficient (Wildman–Crippen LogP) is 3.90. The fourth-order valence-electron chi connectivity index (χ4n) is 3.53. The first-order chi connectivity index (χ1) is 16.0. The Kier molecular flexibility index (Phi) is 7.26. The molecule has 1 saturated heterocycles. The fourth-order valence-corrected chi connectivity index (χ4v) is 4.39. The molecule has 0 spiro atoms. The molecule has 7 nitrogen and oxygen atoms in total. The van der Waals surface area contributed by atoms with Crippen LogP contribution in [-0.4, -0.2) is 39.7 Å². The Balaban J connectivity index is 1.37. The van der Waals surface area contributed by atoms with Crippen molar-refractivity contribution in [3.8, 4) is 22.8 Å². The second kappa shape index (κ2) is 10.5. The first kappa shape index (κ1) is 22.8. The van der Waals surface area contributed by atoms with Gasteiger partial charge in [-0.05, 0) is 54.3 Å². The molecule has 0 radical (unpaired) electrons. The van der Waals surface area contributed by atoms with Crippen molar-refractivity contribution in [2.45, 2.75) is 25.2 Å². The van der Waals surface area contributed by atoms with Gasteiger partial charge in [-0.3, -0.25) is 14.9 Å². The van der Waals surface area contributed by atoms with E-state index in [9.17, 15) is 9.59 Å². The number of aliphatic hydroxyl groups excluding tert-OH is 1. The van der Waals surface area contributed by atoms with Crippen molar-refractivity contribution in [1.82, 2.24) is 10.3 Å². The van der Waals surface area contributed by atoms with Gasteiger partial charge in [-0.2, -0.15) is 0 Å². The van der Waals surface area contributed by atoms with E-state index in [4.69, 9.17) is 14.6 Å². The van der Waals surface area contributed by atoms with Crippen LogP contribution in [0.25, 0.3) is 11.1 Å². The maximum atomic E-state index is 11.7. The third-order valence-electron chi connectivity index (χ3n) is 5.16. The first-order valence-corrected chi connectivity index (χ1v) is 11.4. The lowest BCUT2D eigenvalue weighted by Crippen LogP contribution is -2.25. The molecule has 1 atom stereocenters. The molecule has 1 unspecified atom stereocenters. The van der Waals surface area contributed by atoms with Crippen LogP contribution in [0, 0.1) is 6.92 Å². The molecule has 1 aliphatic heterocycles. The second-order valence-corrected chi connectivity index (χ2v) is 8.75. The normalized spacial score (nSPS) is 15.4. The number of amides is 2. The highest BCUT2D eigenvalue weighted by Crippen LogP contribution is 2.27. The summed E-state index contributed by atoms with van der Waals surface area (Å²) < 4.78 is 11.3. The molecule has 0 bridgehead atoms. The zero-order valence-corrected chi connectivity index (χ0v) is 18.9. The number of carbonyl (C=O) groups is 2. The zero-order chi connectivity index (χ0) is 23.2. The maximum absolute atomic E-state index is 11.7. The van der Waals surface area contributed by atoms with Crippen LogP contribution < -0.4 is 14.8 Å². The number of carbonyl (C=O) groups excluding carboxylic acids is 2. The molecule has 3 aromatic rings. The number of benzene rings is 2. The summed E-state index contributed by atoms with van der Waals surface area (Å²) in [4.78, 5) is 27.5. The van der Waals surface area contributed by atoms with Crippen molar-refractivity contribution < 1.29 is 24.2 Å². The summed E-state index contributed by atoms with van der Waals surface area (Å²) in [6, 6.07) is 19.4. The molecule has 1 aliphatic rings. The van der Waals surface area contributed by atoms with Gasteiger partial charge in [-0.1, -0.05) is 42.1 Å². The van der Waals surface area contributed by atoms with Gasteiger partial charge >= 0.3 is 0 Å². The quantitative estimate of drug-likeness (QED) is 0.496. The van der Waals surface area contributed by atoms with Gasteiger partial charge in [0.1, 0.15) is 19.0 Å². The lowest BCUT2D eigenvalue weighted by molar-refractivity contribution is -0.118. The average molecular weight is 465 g/mol. The molecule has 33 heavy (non-hydrogen) atoms. The van der Waals surface area contributed by atoms with Crippen LogP contribution in [0.4, 0.5) is 4.79 Å². The number of hydrogen-bond donors (Lipinski definition) is 2. The molecule has 170 valence electrons. The van der Waals surface area contributed by atoms with Crippen LogP contribution >= 0.6 is 11.8 Å². The van der Waals surface area contributed by atoms with E-state index in [-0.39, 0.29) is 29.6 Å². The number of nitrogens with one attached hydrogen (secondary N) is 1. The summed E-state index contributed by atoms with van der Waals surface area (Å²) in [6.45, 7) is 2.50. The van der Waals surface area contributed by atoms with Gasteiger partial charge in [-0.25, -0.2) is 4.98 Å². The minimum absolute atomic E-state index is 0.0506. The molecule has 0 aliphatic carbocycles. The molecular weight excluding hydrogens is 440 g/mol. The summed E-state index contributed by atoms with van der Waals surface area (Å²) in [7, 11) is 0. The number of aromatic nitrogens is 1. The van der Waals surface area contributed by atoms with Gasteiger partial charge in [0, 0.05) is 17.3 Å². The van der Waals surface area contributed by atoms with Crippen molar-refractivity contribution >= 4 is 22.9 Å². The van der Waals surface area contributed by atoms with Crippen LogP contribution in [-0.2, 0) is 17.8 Å². The Morgan fingerprint density at radius 1 is 1.03 bits per heavy atom. The number of nitrogens with zero attached hydrogens (tertiary/aromatic N) is 1. The number of ether oxygens (including phenoxy) is 2. The summed E-state index contributed by atoms with van der Waals surface area (Å²) in [5, 5.41) is 10.5. The Labute approximate surface area is 196 Å². The number of aliphatic hydroxyl groups is 1. The summed E-state index contributed by atoms with van der Waals surface area (Å²) in [5.41, 5.74) is 4.88. The van der Waals surface area contributed by atoms with E-state index in [0.717, 1.165) is 45.5 Å². The van der Waals surface area contributed by atoms with Gasteiger partial charge in [0.2, 0.25) is 11.8 Å². The number of rotatable bonds is 9. The number of aryl methyl sites for hydroxylation is 1. The van der Waals surface area contributed by atoms with Gasteiger partial charge in [0.05, 0.1) is 11.9 Å². The Hall–Kier alpha value is -3.36. The average Bonchev–Trinajstić information content (AvgIpc) is 3.13. The highest BCUT2D eigenvalue weighted by Gasteiger charge is 2.31. The van der Waals surface area contributed by atoms with Crippen molar-refractivity contribution in [2.75, 3.05) is 13.2 Å². The highest BCUT2D eigenvalue weighted by atomic mass is 32.2. The monoisotopic (exact) mass is 464 g/mol. The molecule has 2 N–H and O–H groups in total. The van der Waals surface area contributed by atoms with E-state index in [1.807, 2.05) is 55.5 Å². The molecule has 4 rings (SSSR count). The fraction of sp³-hybridized carbons (Fsp3) is 0.240. The smallest absolute Gasteiger partial charge is 0.286 e. The molecule has 1 fully saturated rings. The van der Waals surface area contributed by atoms with E-state index >= 15 is 0 Å². The topological polar surface area (TPSA) is 97.8 Å². The molecule has 8 heteroatoms. The Morgan fingerprint density at radius 3 is 2.55 bits per heavy atom. The van der Waals surface area contributed by atoms with Crippen molar-refractivity contribution in [3.05, 3.63) is 77.5 Å². The van der Waals surface area contributed by atoms with Gasteiger partial charge < -0.3 is 14.6 Å². The molecule has 1 aromatic heterocycles. The minimum Gasteiger partial charge on any atom is -0.489 e. The van der Waals surface area contributed by atoms with E-state index in [0.29, 0.717) is 18.9 Å². The zero-order valence-electron chi connectivity index (χ0n) is 18.1. The third kappa shape index (κ3) is 5.91. The van der Waals surface area contributed by atoms with E-state index in [2.05, 4.69) is 16.4 Å². The van der Waals surface area contributed by atoms with Crippen molar-refractivity contribution in [1.29, 1.82) is 0 Å². The van der Waals surface area contributed by atoms with Crippen molar-refractivity contribution in [3.63, 3.8) is 0 Å². The molecular formula is C25H24N2O5S. The SMILES string of the molecule is Cc1nc(OCCO)ccc1-c1cccc(COc2ccc(CC3SC(=O)NC3=O)cc2)c1. The molecule has 2 amide bonds. The molecule has 2 heterocycles. The Morgan fingerprint density at radius 2 is 1.85 bits per heavy atom. The third-order valence-corrected chi connectivity index (χ3v) is 6.14. The van der Waals surface area contributed by atoms with Crippen LogP contribution in [0.2, 0.25) is 0 Å². The minimum atomic E-state index is -0.375. The number of hydrogen-bond acceptors (Lipinski definition) is 7. The summed E-state index contributed by atoms with van der Waals surface area (Å²) in [6.07, 6.45) is 0.502. The van der Waals surface area contributed by atoms with Gasteiger partial charge in [0.25, 0.3) is 5.24 Å². The van der Waals surface area contributed by atoms with Crippen LogP contribution in [0.5, 0.6) is 11.6 Å². The van der Waals surface area contributed by atoms with Gasteiger partial charge in [-0.15, -0.1) is 0 Å². The standard InChI is InChI=1S/C25H24N2O5S/c1-16-21(9-10-23(26-16)31-12-11-28)19-4-2-3-18(13-19)15-32-20-7-5-17(6-8-20)14-22-24(29)27-25(30)33-22/h2-10,13,22,28H,11-12,14-15H2,1H3,(H,27,29,30). The Bertz CT molecular complexity index is 1150. The van der Waals surface area contributed by atoms with Gasteiger partial charge in [0.15, 0.2) is 0 Å². The van der Waals surface area contributed by atoms with E-state index in [1.54, 1.807) is 6.07 Å². The number of pyridine rings is 1. The molecule has 2 aromatic carbocycles. The molecule has 0 saturated carbocycles. The lowest BCUT2D eigenvalue weighted by Gasteiger charge is -2.11. The second-order valence-electron chi connectivity index (χ2n) is 7.57.